The first kappa shape index (κ1) is 15.6. The van der Waals surface area contributed by atoms with Gasteiger partial charge in [0.05, 0.1) is 12.4 Å². The van der Waals surface area contributed by atoms with Gasteiger partial charge in [0.2, 0.25) is 5.91 Å². The smallest absolute Gasteiger partial charge is 0.326 e. The minimum absolute atomic E-state index is 0.0205. The van der Waals surface area contributed by atoms with E-state index in [1.54, 1.807) is 12.0 Å². The third kappa shape index (κ3) is 3.47. The molecule has 1 N–H and O–H groups in total. The Hall–Kier alpha value is -0.750. The highest BCUT2D eigenvalue weighted by Gasteiger charge is 2.47. The molecule has 6 heteroatoms. The number of amides is 1. The van der Waals surface area contributed by atoms with Crippen molar-refractivity contribution >= 4 is 23.6 Å². The number of methoxy groups -OCH3 is 1. The summed E-state index contributed by atoms with van der Waals surface area (Å²) in [6.45, 7) is 0.617. The van der Waals surface area contributed by atoms with Gasteiger partial charge >= 0.3 is 5.97 Å². The molecule has 2 fully saturated rings. The standard InChI is InChI=1S/C14H23NO4S/c1-19-6-7-20-9-13(16)15-11-5-3-2-4-10(11)8-12(15)14(17)18/h10-12H,2-9H2,1H3,(H,17,18). The van der Waals surface area contributed by atoms with Gasteiger partial charge in [-0.2, -0.15) is 0 Å². The second-order valence-electron chi connectivity index (χ2n) is 5.55. The van der Waals surface area contributed by atoms with Crippen LogP contribution in [0.1, 0.15) is 32.1 Å². The van der Waals surface area contributed by atoms with Gasteiger partial charge in [-0.15, -0.1) is 11.8 Å². The molecule has 0 spiro atoms. The van der Waals surface area contributed by atoms with Crippen molar-refractivity contribution in [2.24, 2.45) is 5.92 Å². The Morgan fingerprint density at radius 3 is 2.80 bits per heavy atom. The number of rotatable bonds is 6. The molecule has 1 heterocycles. The summed E-state index contributed by atoms with van der Waals surface area (Å²) in [6, 6.07) is -0.459. The molecule has 3 unspecified atom stereocenters. The fourth-order valence-electron chi connectivity index (χ4n) is 3.42. The summed E-state index contributed by atoms with van der Waals surface area (Å²) in [4.78, 5) is 25.5. The zero-order valence-electron chi connectivity index (χ0n) is 11.9. The first-order chi connectivity index (χ1) is 9.65. The van der Waals surface area contributed by atoms with Gasteiger partial charge in [0.1, 0.15) is 6.04 Å². The molecular weight excluding hydrogens is 278 g/mol. The SMILES string of the molecule is COCCSCC(=O)N1C(C(=O)O)CC2CCCCC21. The molecule has 5 nitrogen and oxygen atoms in total. The van der Waals surface area contributed by atoms with Gasteiger partial charge in [-0.3, -0.25) is 4.79 Å². The largest absolute Gasteiger partial charge is 0.480 e. The molecular formula is C14H23NO4S. The normalized spacial score (nSPS) is 29.2. The van der Waals surface area contributed by atoms with Crippen LogP contribution in [-0.4, -0.2) is 59.2 Å². The van der Waals surface area contributed by atoms with E-state index in [1.165, 1.54) is 11.8 Å². The van der Waals surface area contributed by atoms with Crippen molar-refractivity contribution in [1.82, 2.24) is 4.90 Å². The van der Waals surface area contributed by atoms with Crippen molar-refractivity contribution < 1.29 is 19.4 Å². The number of carboxylic acid groups (broad SMARTS) is 1. The van der Waals surface area contributed by atoms with E-state index in [0.717, 1.165) is 31.4 Å². The van der Waals surface area contributed by atoms with Crippen LogP contribution in [0.3, 0.4) is 0 Å². The van der Waals surface area contributed by atoms with Crippen molar-refractivity contribution in [3.05, 3.63) is 0 Å². The van der Waals surface area contributed by atoms with Crippen LogP contribution < -0.4 is 0 Å². The van der Waals surface area contributed by atoms with E-state index in [9.17, 15) is 14.7 Å². The Morgan fingerprint density at radius 2 is 2.10 bits per heavy atom. The molecule has 2 rings (SSSR count). The van der Waals surface area contributed by atoms with E-state index in [2.05, 4.69) is 0 Å². The number of hydrogen-bond donors (Lipinski definition) is 1. The second kappa shape index (κ2) is 7.31. The van der Waals surface area contributed by atoms with Gasteiger partial charge < -0.3 is 14.7 Å². The summed E-state index contributed by atoms with van der Waals surface area (Å²) >= 11 is 1.52. The second-order valence-corrected chi connectivity index (χ2v) is 6.65. The lowest BCUT2D eigenvalue weighted by Gasteiger charge is -2.33. The topological polar surface area (TPSA) is 66.8 Å². The number of nitrogens with zero attached hydrogens (tertiary/aromatic N) is 1. The average Bonchev–Trinajstić information content (AvgIpc) is 2.83. The number of ether oxygens (including phenoxy) is 1. The van der Waals surface area contributed by atoms with E-state index in [0.29, 0.717) is 24.7 Å². The van der Waals surface area contributed by atoms with Gasteiger partial charge in [-0.1, -0.05) is 12.8 Å². The number of aliphatic carboxylic acids is 1. The van der Waals surface area contributed by atoms with Crippen LogP contribution in [-0.2, 0) is 14.3 Å². The van der Waals surface area contributed by atoms with Crippen LogP contribution >= 0.6 is 11.8 Å². The summed E-state index contributed by atoms with van der Waals surface area (Å²) in [5.74, 6) is 0.637. The van der Waals surface area contributed by atoms with Crippen LogP contribution in [0.15, 0.2) is 0 Å². The molecule has 1 aliphatic heterocycles. The molecule has 114 valence electrons. The highest BCUT2D eigenvalue weighted by atomic mass is 32.2. The zero-order chi connectivity index (χ0) is 14.5. The molecule has 0 radical (unpaired) electrons. The van der Waals surface area contributed by atoms with Gasteiger partial charge in [0.15, 0.2) is 0 Å². The first-order valence-electron chi connectivity index (χ1n) is 7.25. The number of thioether (sulfide) groups is 1. The van der Waals surface area contributed by atoms with Gasteiger partial charge in [0, 0.05) is 18.9 Å². The van der Waals surface area contributed by atoms with Crippen molar-refractivity contribution in [1.29, 1.82) is 0 Å². The number of fused-ring (bicyclic) bond motifs is 1. The fraction of sp³-hybridized carbons (Fsp3) is 0.857. The van der Waals surface area contributed by atoms with Crippen molar-refractivity contribution in [3.8, 4) is 0 Å². The average molecular weight is 301 g/mol. The molecule has 2 aliphatic rings. The lowest BCUT2D eigenvalue weighted by molar-refractivity contribution is -0.148. The van der Waals surface area contributed by atoms with Crippen molar-refractivity contribution in [3.63, 3.8) is 0 Å². The number of carbonyl (C=O) groups is 2. The molecule has 1 aliphatic carbocycles. The van der Waals surface area contributed by atoms with Crippen molar-refractivity contribution in [2.45, 2.75) is 44.2 Å². The Labute approximate surface area is 124 Å². The van der Waals surface area contributed by atoms with Crippen LogP contribution in [0.2, 0.25) is 0 Å². The summed E-state index contributed by atoms with van der Waals surface area (Å²) in [5, 5.41) is 9.37. The predicted octanol–water partition coefficient (Wildman–Crippen LogP) is 1.61. The molecule has 0 aromatic rings. The first-order valence-corrected chi connectivity index (χ1v) is 8.41. The third-order valence-electron chi connectivity index (χ3n) is 4.32. The van der Waals surface area contributed by atoms with Crippen LogP contribution in [0.5, 0.6) is 0 Å². The van der Waals surface area contributed by atoms with Gasteiger partial charge in [-0.25, -0.2) is 4.79 Å². The minimum Gasteiger partial charge on any atom is -0.480 e. The molecule has 0 bridgehead atoms. The fourth-order valence-corrected chi connectivity index (χ4v) is 4.17. The van der Waals surface area contributed by atoms with Crippen molar-refractivity contribution in [2.75, 3.05) is 25.2 Å². The monoisotopic (exact) mass is 301 g/mol. The van der Waals surface area contributed by atoms with E-state index < -0.39 is 12.0 Å². The third-order valence-corrected chi connectivity index (χ3v) is 5.22. The number of likely N-dealkylation sites (tertiary alicyclic amines) is 1. The number of hydrogen-bond acceptors (Lipinski definition) is 4. The quantitative estimate of drug-likeness (QED) is 0.755. The lowest BCUT2D eigenvalue weighted by atomic mass is 9.85. The van der Waals surface area contributed by atoms with Gasteiger partial charge in [-0.05, 0) is 25.2 Å². The van der Waals surface area contributed by atoms with E-state index in [1.807, 2.05) is 0 Å². The van der Waals surface area contributed by atoms with Gasteiger partial charge in [0.25, 0.3) is 0 Å². The Bertz CT molecular complexity index is 363. The Balaban J connectivity index is 1.97. The summed E-state index contributed by atoms with van der Waals surface area (Å²) < 4.78 is 4.95. The Morgan fingerprint density at radius 1 is 1.35 bits per heavy atom. The van der Waals surface area contributed by atoms with E-state index in [4.69, 9.17) is 4.74 Å². The summed E-state index contributed by atoms with van der Waals surface area (Å²) in [6.07, 6.45) is 4.93. The molecule has 1 saturated carbocycles. The molecule has 20 heavy (non-hydrogen) atoms. The van der Waals surface area contributed by atoms with Crippen LogP contribution in [0, 0.1) is 5.92 Å². The number of carboxylic acids is 1. The minimum atomic E-state index is -0.852. The highest BCUT2D eigenvalue weighted by molar-refractivity contribution is 7.99. The van der Waals surface area contributed by atoms with Crippen LogP contribution in [0.25, 0.3) is 0 Å². The maximum Gasteiger partial charge on any atom is 0.326 e. The number of carbonyl (C=O) groups excluding carboxylic acids is 1. The highest BCUT2D eigenvalue weighted by Crippen LogP contribution is 2.40. The molecule has 1 saturated heterocycles. The Kier molecular flexibility index (Phi) is 5.72. The van der Waals surface area contributed by atoms with Crippen LogP contribution in [0.4, 0.5) is 0 Å². The molecule has 1 amide bonds. The molecule has 3 atom stereocenters. The lowest BCUT2D eigenvalue weighted by Crippen LogP contribution is -2.47. The predicted molar refractivity (Wildman–Crippen MR) is 77.8 cm³/mol. The van der Waals surface area contributed by atoms with E-state index in [-0.39, 0.29) is 11.9 Å². The molecule has 0 aromatic heterocycles. The summed E-state index contributed by atoms with van der Waals surface area (Å²) in [5.41, 5.74) is 0. The van der Waals surface area contributed by atoms with E-state index >= 15 is 0 Å². The molecule has 0 aromatic carbocycles. The zero-order valence-corrected chi connectivity index (χ0v) is 12.7. The maximum absolute atomic E-state index is 12.4. The maximum atomic E-state index is 12.4. The summed E-state index contributed by atoms with van der Waals surface area (Å²) in [7, 11) is 1.63.